The standard InChI is InChI=1S/C23H36N4O4.HI/c1-2-10-24-22(28)9-12-26-23(25-11-3-13-29-17-18-5-6-18)27-19-7-8-20-21(16-19)31-15-4-14-30-20;/h7-8,16,18H,2-6,9-15,17H2,1H3,(H,24,28)(H2,25,26,27);1H. The Kier molecular flexibility index (Phi) is 12.5. The van der Waals surface area contributed by atoms with Gasteiger partial charge in [0.1, 0.15) is 0 Å². The number of amides is 1. The van der Waals surface area contributed by atoms with E-state index in [4.69, 9.17) is 14.2 Å². The maximum atomic E-state index is 11.9. The Balaban J connectivity index is 0.00000363. The predicted octanol–water partition coefficient (Wildman–Crippen LogP) is 3.56. The van der Waals surface area contributed by atoms with Crippen molar-refractivity contribution in [1.29, 1.82) is 0 Å². The van der Waals surface area contributed by atoms with Gasteiger partial charge in [0.2, 0.25) is 5.91 Å². The molecule has 0 saturated heterocycles. The van der Waals surface area contributed by atoms with Gasteiger partial charge in [-0.25, -0.2) is 0 Å². The van der Waals surface area contributed by atoms with Crippen molar-refractivity contribution < 1.29 is 19.0 Å². The summed E-state index contributed by atoms with van der Waals surface area (Å²) in [5, 5.41) is 9.46. The number of nitrogens with zero attached hydrogens (tertiary/aromatic N) is 1. The highest BCUT2D eigenvalue weighted by atomic mass is 127. The molecule has 2 aliphatic rings. The number of carbonyl (C=O) groups is 1. The fourth-order valence-corrected chi connectivity index (χ4v) is 3.06. The Morgan fingerprint density at radius 2 is 1.97 bits per heavy atom. The molecule has 1 saturated carbocycles. The van der Waals surface area contributed by atoms with Gasteiger partial charge in [0.15, 0.2) is 17.5 Å². The van der Waals surface area contributed by atoms with Crippen LogP contribution in [-0.4, -0.2) is 57.9 Å². The minimum Gasteiger partial charge on any atom is -0.490 e. The zero-order chi connectivity index (χ0) is 21.7. The average molecular weight is 560 g/mol. The summed E-state index contributed by atoms with van der Waals surface area (Å²) in [5.41, 5.74) is 0.857. The molecule has 1 aromatic rings. The molecule has 0 spiro atoms. The molecule has 1 aliphatic carbocycles. The van der Waals surface area contributed by atoms with Crippen molar-refractivity contribution in [3.05, 3.63) is 18.2 Å². The van der Waals surface area contributed by atoms with Crippen LogP contribution >= 0.6 is 24.0 Å². The third-order valence-corrected chi connectivity index (χ3v) is 4.99. The van der Waals surface area contributed by atoms with E-state index in [1.54, 1.807) is 0 Å². The zero-order valence-corrected chi connectivity index (χ0v) is 21.3. The molecular weight excluding hydrogens is 523 g/mol. The fourth-order valence-electron chi connectivity index (χ4n) is 3.06. The number of aliphatic imine (C=N–C) groups is 1. The Hall–Kier alpha value is -1.75. The molecule has 3 rings (SSSR count). The number of nitrogens with one attached hydrogen (secondary N) is 3. The first-order chi connectivity index (χ1) is 15.2. The van der Waals surface area contributed by atoms with Gasteiger partial charge in [0.05, 0.1) is 13.2 Å². The van der Waals surface area contributed by atoms with Crippen molar-refractivity contribution in [3.8, 4) is 11.5 Å². The number of hydrogen-bond acceptors (Lipinski definition) is 5. The van der Waals surface area contributed by atoms with Crippen LogP contribution in [0.25, 0.3) is 0 Å². The van der Waals surface area contributed by atoms with E-state index in [0.29, 0.717) is 45.2 Å². The van der Waals surface area contributed by atoms with E-state index in [1.807, 2.05) is 25.1 Å². The largest absolute Gasteiger partial charge is 0.490 e. The van der Waals surface area contributed by atoms with Gasteiger partial charge in [-0.3, -0.25) is 9.79 Å². The van der Waals surface area contributed by atoms with Crippen LogP contribution in [0.4, 0.5) is 5.69 Å². The monoisotopic (exact) mass is 560 g/mol. The third kappa shape index (κ3) is 10.2. The molecule has 32 heavy (non-hydrogen) atoms. The summed E-state index contributed by atoms with van der Waals surface area (Å²) in [7, 11) is 0. The summed E-state index contributed by atoms with van der Waals surface area (Å²) >= 11 is 0. The SMILES string of the molecule is CCCNC(=O)CCNC(=NCCCOCC1CC1)Nc1ccc2c(c1)OCCCO2.I. The molecular formula is C23H37IN4O4. The molecule has 0 bridgehead atoms. The maximum Gasteiger partial charge on any atom is 0.221 e. The molecule has 3 N–H and O–H groups in total. The number of anilines is 1. The van der Waals surface area contributed by atoms with E-state index in [0.717, 1.165) is 55.6 Å². The van der Waals surface area contributed by atoms with Crippen LogP contribution in [0.3, 0.4) is 0 Å². The zero-order valence-electron chi connectivity index (χ0n) is 19.0. The van der Waals surface area contributed by atoms with Gasteiger partial charge in [-0.15, -0.1) is 24.0 Å². The van der Waals surface area contributed by atoms with Gasteiger partial charge in [-0.1, -0.05) is 6.92 Å². The highest BCUT2D eigenvalue weighted by Gasteiger charge is 2.20. The van der Waals surface area contributed by atoms with Gasteiger partial charge >= 0.3 is 0 Å². The summed E-state index contributed by atoms with van der Waals surface area (Å²) in [6.07, 6.45) is 5.66. The molecule has 0 aromatic heterocycles. The van der Waals surface area contributed by atoms with Crippen LogP contribution in [0, 0.1) is 5.92 Å². The summed E-state index contributed by atoms with van der Waals surface area (Å²) in [6.45, 7) is 6.79. The van der Waals surface area contributed by atoms with E-state index < -0.39 is 0 Å². The van der Waals surface area contributed by atoms with E-state index in [1.165, 1.54) is 12.8 Å². The van der Waals surface area contributed by atoms with E-state index in [9.17, 15) is 4.79 Å². The number of ether oxygens (including phenoxy) is 3. The number of halogens is 1. The Labute approximate surface area is 208 Å². The Bertz CT molecular complexity index is 728. The normalized spacial score (nSPS) is 15.3. The molecule has 8 nitrogen and oxygen atoms in total. The third-order valence-electron chi connectivity index (χ3n) is 4.99. The molecule has 1 heterocycles. The average Bonchev–Trinajstić information content (AvgIpc) is 3.61. The van der Waals surface area contributed by atoms with Crippen LogP contribution in [-0.2, 0) is 9.53 Å². The number of hydrogen-bond donors (Lipinski definition) is 3. The topological polar surface area (TPSA) is 93.2 Å². The van der Waals surface area contributed by atoms with E-state index in [2.05, 4.69) is 20.9 Å². The van der Waals surface area contributed by atoms with Crippen molar-refractivity contribution in [1.82, 2.24) is 10.6 Å². The lowest BCUT2D eigenvalue weighted by Gasteiger charge is -2.15. The maximum absolute atomic E-state index is 11.9. The van der Waals surface area contributed by atoms with Crippen LogP contribution in [0.2, 0.25) is 0 Å². The van der Waals surface area contributed by atoms with Gasteiger partial charge < -0.3 is 30.2 Å². The highest BCUT2D eigenvalue weighted by molar-refractivity contribution is 14.0. The van der Waals surface area contributed by atoms with Crippen molar-refractivity contribution in [2.75, 3.05) is 51.4 Å². The lowest BCUT2D eigenvalue weighted by atomic mass is 10.2. The van der Waals surface area contributed by atoms with Gasteiger partial charge in [-0.05, 0) is 43.7 Å². The lowest BCUT2D eigenvalue weighted by Crippen LogP contribution is -2.35. The van der Waals surface area contributed by atoms with Crippen LogP contribution in [0.1, 0.15) is 45.4 Å². The number of guanidine groups is 1. The second-order valence-corrected chi connectivity index (χ2v) is 7.97. The Morgan fingerprint density at radius 1 is 1.16 bits per heavy atom. The molecule has 1 amide bonds. The summed E-state index contributed by atoms with van der Waals surface area (Å²) < 4.78 is 17.2. The smallest absolute Gasteiger partial charge is 0.221 e. The molecule has 0 atom stereocenters. The van der Waals surface area contributed by atoms with Crippen molar-refractivity contribution in [3.63, 3.8) is 0 Å². The highest BCUT2D eigenvalue weighted by Crippen LogP contribution is 2.32. The first-order valence-corrected chi connectivity index (χ1v) is 11.5. The van der Waals surface area contributed by atoms with Crippen LogP contribution in [0.5, 0.6) is 11.5 Å². The van der Waals surface area contributed by atoms with Crippen molar-refractivity contribution in [2.45, 2.75) is 45.4 Å². The Morgan fingerprint density at radius 3 is 2.75 bits per heavy atom. The number of carbonyl (C=O) groups excluding carboxylic acids is 1. The van der Waals surface area contributed by atoms with E-state index in [-0.39, 0.29) is 29.9 Å². The van der Waals surface area contributed by atoms with Crippen molar-refractivity contribution >= 4 is 41.5 Å². The number of benzene rings is 1. The molecule has 1 aliphatic heterocycles. The first kappa shape index (κ1) is 26.5. The number of fused-ring (bicyclic) bond motifs is 1. The first-order valence-electron chi connectivity index (χ1n) is 11.5. The van der Waals surface area contributed by atoms with Crippen LogP contribution in [0.15, 0.2) is 23.2 Å². The van der Waals surface area contributed by atoms with Gasteiger partial charge in [-0.2, -0.15) is 0 Å². The lowest BCUT2D eigenvalue weighted by molar-refractivity contribution is -0.120. The fraction of sp³-hybridized carbons (Fsp3) is 0.652. The number of rotatable bonds is 12. The summed E-state index contributed by atoms with van der Waals surface area (Å²) in [6, 6.07) is 5.77. The van der Waals surface area contributed by atoms with Gasteiger partial charge in [0, 0.05) is 57.4 Å². The molecule has 1 aromatic carbocycles. The minimum atomic E-state index is 0. The predicted molar refractivity (Wildman–Crippen MR) is 137 cm³/mol. The molecule has 0 unspecified atom stereocenters. The minimum absolute atomic E-state index is 0. The molecule has 180 valence electrons. The quantitative estimate of drug-likeness (QED) is 0.157. The molecule has 1 fully saturated rings. The van der Waals surface area contributed by atoms with Gasteiger partial charge in [0.25, 0.3) is 0 Å². The second kappa shape index (κ2) is 15.2. The molecule has 9 heteroatoms. The summed E-state index contributed by atoms with van der Waals surface area (Å²) in [5.74, 6) is 2.95. The summed E-state index contributed by atoms with van der Waals surface area (Å²) in [4.78, 5) is 16.5. The molecule has 0 radical (unpaired) electrons. The second-order valence-electron chi connectivity index (χ2n) is 7.97. The van der Waals surface area contributed by atoms with E-state index >= 15 is 0 Å². The van der Waals surface area contributed by atoms with Crippen LogP contribution < -0.4 is 25.4 Å². The van der Waals surface area contributed by atoms with Crippen molar-refractivity contribution in [2.24, 2.45) is 10.9 Å².